The molecule has 0 aliphatic heterocycles. The zero-order chi connectivity index (χ0) is 8.81. The Labute approximate surface area is 78.1 Å². The summed E-state index contributed by atoms with van der Waals surface area (Å²) in [7, 11) is 0. The number of ether oxygens (including phenoxy) is 1. The van der Waals surface area contributed by atoms with Crippen molar-refractivity contribution in [2.75, 3.05) is 18.1 Å². The Morgan fingerprint density at radius 2 is 2.08 bits per heavy atom. The highest BCUT2D eigenvalue weighted by molar-refractivity contribution is 7.80. The molecule has 0 saturated carbocycles. The van der Waals surface area contributed by atoms with E-state index in [4.69, 9.17) is 10.5 Å². The SMILES string of the molecule is Nc1ccccc1OCCCS. The summed E-state index contributed by atoms with van der Waals surface area (Å²) >= 11 is 4.08. The van der Waals surface area contributed by atoms with Crippen LogP contribution in [0.3, 0.4) is 0 Å². The number of para-hydroxylation sites is 2. The number of rotatable bonds is 4. The Kier molecular flexibility index (Phi) is 3.80. The van der Waals surface area contributed by atoms with Gasteiger partial charge in [0.1, 0.15) is 5.75 Å². The van der Waals surface area contributed by atoms with Gasteiger partial charge in [-0.15, -0.1) is 0 Å². The molecule has 0 radical (unpaired) electrons. The Morgan fingerprint density at radius 1 is 1.33 bits per heavy atom. The lowest BCUT2D eigenvalue weighted by Gasteiger charge is -2.06. The molecule has 2 N–H and O–H groups in total. The number of hydrogen-bond donors (Lipinski definition) is 2. The summed E-state index contributed by atoms with van der Waals surface area (Å²) in [5.41, 5.74) is 6.35. The fourth-order valence-electron chi connectivity index (χ4n) is 0.859. The van der Waals surface area contributed by atoms with E-state index in [1.165, 1.54) is 0 Å². The molecule has 0 atom stereocenters. The van der Waals surface area contributed by atoms with Crippen molar-refractivity contribution < 1.29 is 4.74 Å². The molecular weight excluding hydrogens is 170 g/mol. The minimum atomic E-state index is 0.678. The molecule has 3 heteroatoms. The van der Waals surface area contributed by atoms with Crippen LogP contribution in [0.15, 0.2) is 24.3 Å². The minimum absolute atomic E-state index is 0.678. The van der Waals surface area contributed by atoms with Crippen molar-refractivity contribution in [3.8, 4) is 5.75 Å². The molecule has 2 nitrogen and oxygen atoms in total. The summed E-state index contributed by atoms with van der Waals surface area (Å²) in [6.45, 7) is 0.678. The highest BCUT2D eigenvalue weighted by Gasteiger charge is 1.96. The first-order valence-corrected chi connectivity index (χ1v) is 4.56. The van der Waals surface area contributed by atoms with Gasteiger partial charge in [0.25, 0.3) is 0 Å². The number of nitrogen functional groups attached to an aromatic ring is 1. The van der Waals surface area contributed by atoms with E-state index in [9.17, 15) is 0 Å². The average molecular weight is 183 g/mol. The molecule has 1 aromatic carbocycles. The Balaban J connectivity index is 2.46. The fraction of sp³-hybridized carbons (Fsp3) is 0.333. The van der Waals surface area contributed by atoms with Crippen LogP contribution in [-0.2, 0) is 0 Å². The molecule has 0 spiro atoms. The summed E-state index contributed by atoms with van der Waals surface area (Å²) in [5, 5.41) is 0. The van der Waals surface area contributed by atoms with Gasteiger partial charge in [-0.1, -0.05) is 12.1 Å². The van der Waals surface area contributed by atoms with Crippen LogP contribution in [0.5, 0.6) is 5.75 Å². The summed E-state index contributed by atoms with van der Waals surface area (Å²) < 4.78 is 5.40. The maximum Gasteiger partial charge on any atom is 0.142 e. The average Bonchev–Trinajstić information content (AvgIpc) is 2.09. The molecular formula is C9H13NOS. The third-order valence-corrected chi connectivity index (χ3v) is 1.80. The molecule has 0 amide bonds. The van der Waals surface area contributed by atoms with Gasteiger partial charge in [0, 0.05) is 0 Å². The summed E-state index contributed by atoms with van der Waals surface area (Å²) in [5.74, 6) is 1.60. The van der Waals surface area contributed by atoms with Gasteiger partial charge in [-0.05, 0) is 24.3 Å². The largest absolute Gasteiger partial charge is 0.491 e. The highest BCUT2D eigenvalue weighted by Crippen LogP contribution is 2.19. The van der Waals surface area contributed by atoms with Crippen LogP contribution in [0.25, 0.3) is 0 Å². The van der Waals surface area contributed by atoms with Crippen molar-refractivity contribution in [1.82, 2.24) is 0 Å². The van der Waals surface area contributed by atoms with E-state index in [1.807, 2.05) is 24.3 Å². The van der Waals surface area contributed by atoms with Crippen LogP contribution in [0.1, 0.15) is 6.42 Å². The predicted octanol–water partition coefficient (Wildman–Crippen LogP) is 1.97. The van der Waals surface area contributed by atoms with Gasteiger partial charge in [0.2, 0.25) is 0 Å². The molecule has 1 rings (SSSR count). The van der Waals surface area contributed by atoms with Gasteiger partial charge in [-0.2, -0.15) is 12.6 Å². The number of thiol groups is 1. The maximum absolute atomic E-state index is 5.66. The first-order chi connectivity index (χ1) is 5.84. The predicted molar refractivity (Wildman–Crippen MR) is 54.8 cm³/mol. The van der Waals surface area contributed by atoms with Gasteiger partial charge < -0.3 is 10.5 Å². The molecule has 0 bridgehead atoms. The molecule has 0 heterocycles. The lowest BCUT2D eigenvalue weighted by Crippen LogP contribution is -2.00. The molecule has 0 unspecified atom stereocenters. The van der Waals surface area contributed by atoms with Crippen LogP contribution in [0, 0.1) is 0 Å². The van der Waals surface area contributed by atoms with Crippen molar-refractivity contribution in [1.29, 1.82) is 0 Å². The van der Waals surface area contributed by atoms with Crippen LogP contribution in [0.4, 0.5) is 5.69 Å². The first-order valence-electron chi connectivity index (χ1n) is 3.93. The number of anilines is 1. The number of nitrogens with two attached hydrogens (primary N) is 1. The van der Waals surface area contributed by atoms with Crippen molar-refractivity contribution in [2.24, 2.45) is 0 Å². The van der Waals surface area contributed by atoms with Crippen LogP contribution < -0.4 is 10.5 Å². The van der Waals surface area contributed by atoms with Crippen molar-refractivity contribution >= 4 is 18.3 Å². The first kappa shape index (κ1) is 9.26. The third-order valence-electron chi connectivity index (χ3n) is 1.48. The highest BCUT2D eigenvalue weighted by atomic mass is 32.1. The van der Waals surface area contributed by atoms with Crippen LogP contribution >= 0.6 is 12.6 Å². The van der Waals surface area contributed by atoms with E-state index < -0.39 is 0 Å². The monoisotopic (exact) mass is 183 g/mol. The third kappa shape index (κ3) is 2.66. The van der Waals surface area contributed by atoms with Gasteiger partial charge in [-0.25, -0.2) is 0 Å². The lowest BCUT2D eigenvalue weighted by molar-refractivity contribution is 0.320. The Hall–Kier alpha value is -0.830. The molecule has 0 fully saturated rings. The van der Waals surface area contributed by atoms with E-state index in [1.54, 1.807) is 0 Å². The van der Waals surface area contributed by atoms with E-state index in [0.29, 0.717) is 12.3 Å². The van der Waals surface area contributed by atoms with Crippen molar-refractivity contribution in [3.63, 3.8) is 0 Å². The number of hydrogen-bond acceptors (Lipinski definition) is 3. The zero-order valence-electron chi connectivity index (χ0n) is 6.86. The molecule has 66 valence electrons. The molecule has 12 heavy (non-hydrogen) atoms. The fourth-order valence-corrected chi connectivity index (χ4v) is 0.988. The second kappa shape index (κ2) is 4.93. The van der Waals surface area contributed by atoms with Crippen molar-refractivity contribution in [2.45, 2.75) is 6.42 Å². The topological polar surface area (TPSA) is 35.2 Å². The lowest BCUT2D eigenvalue weighted by atomic mass is 10.3. The molecule has 0 aliphatic carbocycles. The Morgan fingerprint density at radius 3 is 2.75 bits per heavy atom. The van der Waals surface area contributed by atoms with Crippen LogP contribution in [-0.4, -0.2) is 12.4 Å². The zero-order valence-corrected chi connectivity index (χ0v) is 7.76. The van der Waals surface area contributed by atoms with Crippen LogP contribution in [0.2, 0.25) is 0 Å². The second-order valence-corrected chi connectivity index (χ2v) is 2.91. The van der Waals surface area contributed by atoms with E-state index in [2.05, 4.69) is 12.6 Å². The summed E-state index contributed by atoms with van der Waals surface area (Å²) in [4.78, 5) is 0. The van der Waals surface area contributed by atoms with E-state index >= 15 is 0 Å². The maximum atomic E-state index is 5.66. The molecule has 0 aliphatic rings. The van der Waals surface area contributed by atoms with Gasteiger partial charge >= 0.3 is 0 Å². The standard InChI is InChI=1S/C9H13NOS/c10-8-4-1-2-5-9(8)11-6-3-7-12/h1-2,4-5,12H,3,6-7,10H2. The summed E-state index contributed by atoms with van der Waals surface area (Å²) in [6.07, 6.45) is 0.942. The molecule has 0 saturated heterocycles. The van der Waals surface area contributed by atoms with E-state index in [-0.39, 0.29) is 0 Å². The van der Waals surface area contributed by atoms with Gasteiger partial charge in [-0.3, -0.25) is 0 Å². The van der Waals surface area contributed by atoms with Gasteiger partial charge in [0.05, 0.1) is 12.3 Å². The normalized spacial score (nSPS) is 9.75. The minimum Gasteiger partial charge on any atom is -0.491 e. The number of benzene rings is 1. The Bertz CT molecular complexity index is 240. The van der Waals surface area contributed by atoms with Gasteiger partial charge in [0.15, 0.2) is 0 Å². The quantitative estimate of drug-likeness (QED) is 0.425. The van der Waals surface area contributed by atoms with Crippen molar-refractivity contribution in [3.05, 3.63) is 24.3 Å². The molecule has 0 aromatic heterocycles. The van der Waals surface area contributed by atoms with E-state index in [0.717, 1.165) is 17.9 Å². The smallest absolute Gasteiger partial charge is 0.142 e. The summed E-state index contributed by atoms with van der Waals surface area (Å²) in [6, 6.07) is 7.50. The second-order valence-electron chi connectivity index (χ2n) is 2.46. The molecule has 1 aromatic rings.